The molecule has 82 valence electrons. The average Bonchev–Trinajstić information content (AvgIpc) is 2.19. The zero-order valence-electron chi connectivity index (χ0n) is 7.13. The average molecular weight is 271 g/mol. The van der Waals surface area contributed by atoms with Crippen LogP contribution in [0, 0.1) is 0 Å². The van der Waals surface area contributed by atoms with E-state index in [0.717, 1.165) is 0 Å². The van der Waals surface area contributed by atoms with Crippen LogP contribution in [0.4, 0.5) is 0 Å². The van der Waals surface area contributed by atoms with Gasteiger partial charge >= 0.3 is 0 Å². The van der Waals surface area contributed by atoms with Crippen LogP contribution in [0.15, 0.2) is 0 Å². The second-order valence-electron chi connectivity index (χ2n) is 3.07. The largest absolute Gasteiger partial charge is 0.388 e. The summed E-state index contributed by atoms with van der Waals surface area (Å²) in [5.74, 6) is -3.25. The van der Waals surface area contributed by atoms with Gasteiger partial charge in [-0.1, -0.05) is 15.9 Å². The van der Waals surface area contributed by atoms with Gasteiger partial charge in [0.1, 0.15) is 18.3 Å². The molecule has 0 amide bonds. The van der Waals surface area contributed by atoms with Crippen LogP contribution in [0.25, 0.3) is 0 Å². The van der Waals surface area contributed by atoms with Crippen LogP contribution in [-0.2, 0) is 9.53 Å². The SMILES string of the molecule is O=C(CBr)C1(O)OC[C@@H](O)[C@H](O)[C@H]1O. The van der Waals surface area contributed by atoms with E-state index in [0.29, 0.717) is 0 Å². The number of aliphatic hydroxyl groups excluding tert-OH is 3. The van der Waals surface area contributed by atoms with E-state index in [-0.39, 0.29) is 5.33 Å². The minimum absolute atomic E-state index is 0.219. The molecule has 1 unspecified atom stereocenters. The first-order valence-electron chi connectivity index (χ1n) is 3.93. The highest BCUT2D eigenvalue weighted by Crippen LogP contribution is 2.25. The number of hydrogen-bond donors (Lipinski definition) is 4. The van der Waals surface area contributed by atoms with Crippen molar-refractivity contribution in [1.82, 2.24) is 0 Å². The maximum atomic E-state index is 11.2. The van der Waals surface area contributed by atoms with Gasteiger partial charge in [-0.3, -0.25) is 4.79 Å². The van der Waals surface area contributed by atoms with Crippen LogP contribution in [-0.4, -0.2) is 62.2 Å². The molecule has 1 aliphatic rings. The van der Waals surface area contributed by atoms with Crippen LogP contribution in [0.1, 0.15) is 0 Å². The summed E-state index contributed by atoms with van der Waals surface area (Å²) < 4.78 is 4.63. The van der Waals surface area contributed by atoms with Crippen molar-refractivity contribution < 1.29 is 30.0 Å². The molecule has 4 N–H and O–H groups in total. The van der Waals surface area contributed by atoms with E-state index in [1.807, 2.05) is 0 Å². The van der Waals surface area contributed by atoms with Gasteiger partial charge in [0.05, 0.1) is 11.9 Å². The van der Waals surface area contributed by atoms with Crippen molar-refractivity contribution in [1.29, 1.82) is 0 Å². The number of hydrogen-bond acceptors (Lipinski definition) is 6. The Morgan fingerprint density at radius 3 is 2.57 bits per heavy atom. The molecule has 1 rings (SSSR count). The van der Waals surface area contributed by atoms with E-state index in [2.05, 4.69) is 20.7 Å². The maximum Gasteiger partial charge on any atom is 0.257 e. The minimum Gasteiger partial charge on any atom is -0.388 e. The van der Waals surface area contributed by atoms with E-state index in [9.17, 15) is 20.1 Å². The molecule has 1 fully saturated rings. The lowest BCUT2D eigenvalue weighted by Gasteiger charge is -2.40. The maximum absolute atomic E-state index is 11.2. The highest BCUT2D eigenvalue weighted by Gasteiger charge is 2.52. The van der Waals surface area contributed by atoms with Gasteiger partial charge in [-0.15, -0.1) is 0 Å². The van der Waals surface area contributed by atoms with Gasteiger partial charge < -0.3 is 25.2 Å². The van der Waals surface area contributed by atoms with Gasteiger partial charge in [0, 0.05) is 0 Å². The Hall–Kier alpha value is -0.0500. The number of alkyl halides is 1. The molecular weight excluding hydrogens is 260 g/mol. The Balaban J connectivity index is 2.85. The van der Waals surface area contributed by atoms with Gasteiger partial charge in [0.25, 0.3) is 5.79 Å². The predicted molar refractivity (Wildman–Crippen MR) is 47.7 cm³/mol. The number of aliphatic hydroxyl groups is 4. The Kier molecular flexibility index (Phi) is 3.62. The second kappa shape index (κ2) is 4.21. The standard InChI is InChI=1S/C7H11BrO6/c8-1-4(10)7(13)6(12)5(11)3(9)2-14-7/h3,5-6,9,11-13H,1-2H2/t3-,5+,6-,7?/m1/s1. The molecule has 0 aliphatic carbocycles. The Morgan fingerprint density at radius 2 is 2.07 bits per heavy atom. The summed E-state index contributed by atoms with van der Waals surface area (Å²) in [5.41, 5.74) is 0. The van der Waals surface area contributed by atoms with Gasteiger partial charge in [0.15, 0.2) is 0 Å². The number of halogens is 1. The quantitative estimate of drug-likeness (QED) is 0.423. The first-order valence-corrected chi connectivity index (χ1v) is 5.05. The van der Waals surface area contributed by atoms with Gasteiger partial charge in [-0.25, -0.2) is 0 Å². The number of carbonyl (C=O) groups excluding carboxylic acids is 1. The van der Waals surface area contributed by atoms with Crippen molar-refractivity contribution in [2.24, 2.45) is 0 Å². The molecule has 7 heteroatoms. The summed E-state index contributed by atoms with van der Waals surface area (Å²) in [5, 5.41) is 37.0. The van der Waals surface area contributed by atoms with Crippen molar-refractivity contribution in [3.8, 4) is 0 Å². The van der Waals surface area contributed by atoms with Crippen LogP contribution in [0.2, 0.25) is 0 Å². The molecule has 1 heterocycles. The molecule has 0 aromatic rings. The predicted octanol–water partition coefficient (Wildman–Crippen LogP) is -2.25. The third kappa shape index (κ3) is 1.83. The summed E-state index contributed by atoms with van der Waals surface area (Å²) in [6.45, 7) is -0.409. The molecule has 0 aromatic heterocycles. The van der Waals surface area contributed by atoms with E-state index in [4.69, 9.17) is 5.11 Å². The third-order valence-corrected chi connectivity index (χ3v) is 2.62. The molecular formula is C7H11BrO6. The molecule has 0 spiro atoms. The smallest absolute Gasteiger partial charge is 0.257 e. The molecule has 14 heavy (non-hydrogen) atoms. The molecule has 0 aromatic carbocycles. The van der Waals surface area contributed by atoms with Crippen LogP contribution < -0.4 is 0 Å². The summed E-state index contributed by atoms with van der Waals surface area (Å²) in [4.78, 5) is 11.2. The fourth-order valence-electron chi connectivity index (χ4n) is 1.18. The Morgan fingerprint density at radius 1 is 1.50 bits per heavy atom. The van der Waals surface area contributed by atoms with Gasteiger partial charge in [-0.05, 0) is 0 Å². The Labute approximate surface area is 88.2 Å². The van der Waals surface area contributed by atoms with Crippen molar-refractivity contribution in [2.75, 3.05) is 11.9 Å². The third-order valence-electron chi connectivity index (χ3n) is 2.11. The number of ketones is 1. The zero-order valence-corrected chi connectivity index (χ0v) is 8.72. The van der Waals surface area contributed by atoms with Crippen molar-refractivity contribution in [3.63, 3.8) is 0 Å². The van der Waals surface area contributed by atoms with Crippen molar-refractivity contribution in [2.45, 2.75) is 24.1 Å². The molecule has 1 aliphatic heterocycles. The lowest BCUT2D eigenvalue weighted by Crippen LogP contribution is -2.64. The molecule has 4 atom stereocenters. The van der Waals surface area contributed by atoms with Crippen molar-refractivity contribution >= 4 is 21.7 Å². The number of Topliss-reactive ketones (excluding diaryl/α,β-unsaturated/α-hetero) is 1. The van der Waals surface area contributed by atoms with Crippen LogP contribution in [0.5, 0.6) is 0 Å². The molecule has 0 saturated carbocycles. The fourth-order valence-corrected chi connectivity index (χ4v) is 1.58. The fraction of sp³-hybridized carbons (Fsp3) is 0.857. The van der Waals surface area contributed by atoms with E-state index < -0.39 is 36.5 Å². The van der Waals surface area contributed by atoms with Crippen LogP contribution in [0.3, 0.4) is 0 Å². The number of ether oxygens (including phenoxy) is 1. The van der Waals surface area contributed by atoms with E-state index >= 15 is 0 Å². The zero-order chi connectivity index (χ0) is 10.9. The topological polar surface area (TPSA) is 107 Å². The summed E-state index contributed by atoms with van der Waals surface area (Å²) >= 11 is 2.80. The van der Waals surface area contributed by atoms with E-state index in [1.165, 1.54) is 0 Å². The summed E-state index contributed by atoms with van der Waals surface area (Å²) in [6, 6.07) is 0. The summed E-state index contributed by atoms with van der Waals surface area (Å²) in [6.07, 6.45) is -4.76. The molecule has 1 saturated heterocycles. The lowest BCUT2D eigenvalue weighted by molar-refractivity contribution is -0.302. The lowest BCUT2D eigenvalue weighted by atomic mass is 9.94. The summed E-state index contributed by atoms with van der Waals surface area (Å²) in [7, 11) is 0. The number of carbonyl (C=O) groups is 1. The number of rotatable bonds is 2. The second-order valence-corrected chi connectivity index (χ2v) is 3.63. The minimum atomic E-state index is -2.44. The first-order chi connectivity index (χ1) is 6.43. The Bertz CT molecular complexity index is 234. The van der Waals surface area contributed by atoms with Gasteiger partial charge in [0.2, 0.25) is 5.78 Å². The highest BCUT2D eigenvalue weighted by atomic mass is 79.9. The van der Waals surface area contributed by atoms with Crippen molar-refractivity contribution in [3.05, 3.63) is 0 Å². The van der Waals surface area contributed by atoms with E-state index in [1.54, 1.807) is 0 Å². The van der Waals surface area contributed by atoms with Crippen LogP contribution >= 0.6 is 15.9 Å². The molecule has 0 radical (unpaired) electrons. The molecule has 0 bridgehead atoms. The molecule has 6 nitrogen and oxygen atoms in total. The van der Waals surface area contributed by atoms with Gasteiger partial charge in [-0.2, -0.15) is 0 Å². The highest BCUT2D eigenvalue weighted by molar-refractivity contribution is 9.09. The monoisotopic (exact) mass is 270 g/mol. The normalized spacial score (nSPS) is 43.6. The first kappa shape index (κ1) is 12.0.